The third-order valence-electron chi connectivity index (χ3n) is 3.25. The number of non-ortho nitro benzene ring substituents is 1. The second kappa shape index (κ2) is 6.66. The van der Waals surface area contributed by atoms with Crippen molar-refractivity contribution in [1.29, 1.82) is 0 Å². The molecule has 3 rings (SSSR count). The van der Waals surface area contributed by atoms with Gasteiger partial charge < -0.3 is 0 Å². The molecule has 126 valence electrons. The molecular formula is C15H11N3O6P+. The summed E-state index contributed by atoms with van der Waals surface area (Å²) >= 11 is 0. The molecule has 2 aromatic carbocycles. The number of nitro groups is 1. The monoisotopic (exact) mass is 360 g/mol. The highest BCUT2D eigenvalue weighted by molar-refractivity contribution is 7.34. The normalized spacial score (nSPS) is 11.2. The number of carbonyl (C=O) groups is 1. The van der Waals surface area contributed by atoms with E-state index in [1.54, 1.807) is 12.1 Å². The number of hydrogen-bond donors (Lipinski definition) is 0. The molecule has 0 saturated carbocycles. The van der Waals surface area contributed by atoms with Crippen molar-refractivity contribution in [3.8, 4) is 11.5 Å². The van der Waals surface area contributed by atoms with Crippen LogP contribution >= 0.6 is 8.25 Å². The molecule has 3 aromatic rings. The molecule has 0 saturated heterocycles. The minimum Gasteiger partial charge on any atom is -0.273 e. The highest BCUT2D eigenvalue weighted by Crippen LogP contribution is 2.32. The summed E-state index contributed by atoms with van der Waals surface area (Å²) in [6.45, 7) is 1.39. The lowest BCUT2D eigenvalue weighted by Crippen LogP contribution is -2.06. The van der Waals surface area contributed by atoms with E-state index in [4.69, 9.17) is 9.05 Å². The number of hydrogen-bond acceptors (Lipinski definition) is 7. The Morgan fingerprint density at radius 2 is 1.80 bits per heavy atom. The molecule has 0 amide bonds. The smallest absolute Gasteiger partial charge is 0.273 e. The maximum atomic E-state index is 11.9. The van der Waals surface area contributed by atoms with E-state index in [1.165, 1.54) is 48.1 Å². The Bertz CT molecular complexity index is 983. The largest absolute Gasteiger partial charge is 0.805 e. The van der Waals surface area contributed by atoms with Crippen molar-refractivity contribution < 1.29 is 23.3 Å². The van der Waals surface area contributed by atoms with Crippen LogP contribution in [0.5, 0.6) is 11.5 Å². The molecule has 0 aliphatic carbocycles. The van der Waals surface area contributed by atoms with Crippen LogP contribution < -0.4 is 9.05 Å². The van der Waals surface area contributed by atoms with Crippen molar-refractivity contribution in [3.05, 3.63) is 58.8 Å². The van der Waals surface area contributed by atoms with E-state index in [0.717, 1.165) is 0 Å². The highest BCUT2D eigenvalue weighted by atomic mass is 31.1. The summed E-state index contributed by atoms with van der Waals surface area (Å²) in [7, 11) is -2.53. The SMILES string of the molecule is CC(=O)n1ncc2cc(O[P+](=O)Oc3ccc([N+](=O)[O-])cc3)ccc21. The van der Waals surface area contributed by atoms with E-state index in [9.17, 15) is 19.5 Å². The Morgan fingerprint density at radius 1 is 1.16 bits per heavy atom. The molecule has 0 aliphatic heterocycles. The number of benzene rings is 2. The summed E-state index contributed by atoms with van der Waals surface area (Å²) in [6, 6.07) is 9.86. The topological polar surface area (TPSA) is 114 Å². The van der Waals surface area contributed by atoms with Crippen molar-refractivity contribution >= 4 is 30.8 Å². The van der Waals surface area contributed by atoms with Crippen LogP contribution in [-0.2, 0) is 4.57 Å². The van der Waals surface area contributed by atoms with Gasteiger partial charge in [0.25, 0.3) is 5.69 Å². The molecule has 1 atom stereocenters. The molecular weight excluding hydrogens is 349 g/mol. The van der Waals surface area contributed by atoms with Crippen molar-refractivity contribution in [2.24, 2.45) is 0 Å². The Hall–Kier alpha value is -3.32. The molecule has 1 aromatic heterocycles. The number of fused-ring (bicyclic) bond motifs is 1. The van der Waals surface area contributed by atoms with Crippen LogP contribution in [0.25, 0.3) is 10.9 Å². The Balaban J connectivity index is 1.71. The number of nitrogens with zero attached hydrogens (tertiary/aromatic N) is 3. The van der Waals surface area contributed by atoms with Gasteiger partial charge in [-0.05, 0) is 30.3 Å². The molecule has 1 unspecified atom stereocenters. The van der Waals surface area contributed by atoms with Gasteiger partial charge in [0, 0.05) is 29.0 Å². The van der Waals surface area contributed by atoms with Gasteiger partial charge in [-0.3, -0.25) is 14.9 Å². The summed E-state index contributed by atoms with van der Waals surface area (Å²) in [4.78, 5) is 21.4. The molecule has 0 fully saturated rings. The predicted octanol–water partition coefficient (Wildman–Crippen LogP) is 3.72. The lowest BCUT2D eigenvalue weighted by atomic mass is 10.2. The number of carbonyl (C=O) groups excluding carboxylic acids is 1. The molecule has 0 N–H and O–H groups in total. The second-order valence-corrected chi connectivity index (χ2v) is 5.77. The van der Waals surface area contributed by atoms with Crippen LogP contribution in [0.4, 0.5) is 5.69 Å². The number of nitro benzene ring substituents is 1. The van der Waals surface area contributed by atoms with Gasteiger partial charge in [0.1, 0.15) is 0 Å². The van der Waals surface area contributed by atoms with Crippen LogP contribution in [0.15, 0.2) is 48.7 Å². The first-order chi connectivity index (χ1) is 11.9. The van der Waals surface area contributed by atoms with Crippen LogP contribution in [0, 0.1) is 10.1 Å². The molecule has 0 spiro atoms. The molecule has 0 radical (unpaired) electrons. The molecule has 9 nitrogen and oxygen atoms in total. The summed E-state index contributed by atoms with van der Waals surface area (Å²) < 4.78 is 23.5. The van der Waals surface area contributed by atoms with E-state index in [1.807, 2.05) is 0 Å². The Morgan fingerprint density at radius 3 is 2.44 bits per heavy atom. The van der Waals surface area contributed by atoms with Gasteiger partial charge >= 0.3 is 8.25 Å². The van der Waals surface area contributed by atoms with E-state index >= 15 is 0 Å². The summed E-state index contributed by atoms with van der Waals surface area (Å²) in [5.41, 5.74) is 0.503. The van der Waals surface area contributed by atoms with Crippen molar-refractivity contribution in [2.75, 3.05) is 0 Å². The molecule has 25 heavy (non-hydrogen) atoms. The second-order valence-electron chi connectivity index (χ2n) is 4.95. The Kier molecular flexibility index (Phi) is 4.40. The highest BCUT2D eigenvalue weighted by Gasteiger charge is 2.25. The van der Waals surface area contributed by atoms with Crippen molar-refractivity contribution in [2.45, 2.75) is 6.92 Å². The number of rotatable bonds is 5. The Labute approximate surface area is 141 Å². The zero-order valence-corrected chi connectivity index (χ0v) is 13.8. The first kappa shape index (κ1) is 16.5. The van der Waals surface area contributed by atoms with E-state index in [-0.39, 0.29) is 23.1 Å². The first-order valence-electron chi connectivity index (χ1n) is 7.00. The fourth-order valence-corrected chi connectivity index (χ4v) is 2.76. The quantitative estimate of drug-likeness (QED) is 0.387. The lowest BCUT2D eigenvalue weighted by molar-refractivity contribution is -0.384. The van der Waals surface area contributed by atoms with Crippen LogP contribution in [-0.4, -0.2) is 20.6 Å². The van der Waals surface area contributed by atoms with Crippen LogP contribution in [0.2, 0.25) is 0 Å². The van der Waals surface area contributed by atoms with Gasteiger partial charge in [-0.25, -0.2) is 13.7 Å². The average molecular weight is 360 g/mol. The minimum absolute atomic E-state index is 0.101. The van der Waals surface area contributed by atoms with Gasteiger partial charge in [0.2, 0.25) is 5.91 Å². The average Bonchev–Trinajstić information content (AvgIpc) is 2.98. The van der Waals surface area contributed by atoms with E-state index in [0.29, 0.717) is 10.9 Å². The van der Waals surface area contributed by atoms with Crippen molar-refractivity contribution in [3.63, 3.8) is 0 Å². The third-order valence-corrected chi connectivity index (χ3v) is 3.96. The fourth-order valence-electron chi connectivity index (χ4n) is 2.14. The lowest BCUT2D eigenvalue weighted by Gasteiger charge is -1.98. The van der Waals surface area contributed by atoms with Gasteiger partial charge in [-0.1, -0.05) is 0 Å². The van der Waals surface area contributed by atoms with E-state index in [2.05, 4.69) is 5.10 Å². The summed E-state index contributed by atoms with van der Waals surface area (Å²) in [5.74, 6) is 0.229. The fraction of sp³-hybridized carbons (Fsp3) is 0.0667. The van der Waals surface area contributed by atoms with Crippen LogP contribution in [0.3, 0.4) is 0 Å². The maximum absolute atomic E-state index is 11.9. The van der Waals surface area contributed by atoms with Gasteiger partial charge in [-0.15, -0.1) is 0 Å². The molecule has 1 heterocycles. The standard InChI is InChI=1S/C15H11N3O6P/c1-10(19)17-15-7-6-14(8-11(15)9-16-17)24-25(22)23-13-4-2-12(3-5-13)18(20)21/h2-9H,1H3/q+1. The van der Waals surface area contributed by atoms with Gasteiger partial charge in [-0.2, -0.15) is 5.10 Å². The molecule has 0 bridgehead atoms. The summed E-state index contributed by atoms with van der Waals surface area (Å²) in [5, 5.41) is 15.2. The zero-order valence-electron chi connectivity index (χ0n) is 12.9. The maximum Gasteiger partial charge on any atom is 0.805 e. The minimum atomic E-state index is -2.53. The molecule has 0 aliphatic rings. The summed E-state index contributed by atoms with van der Waals surface area (Å²) in [6.07, 6.45) is 1.49. The van der Waals surface area contributed by atoms with E-state index < -0.39 is 13.2 Å². The van der Waals surface area contributed by atoms with Gasteiger partial charge in [0.15, 0.2) is 11.5 Å². The molecule has 10 heteroatoms. The number of aromatic nitrogens is 2. The first-order valence-corrected chi connectivity index (χ1v) is 8.10. The van der Waals surface area contributed by atoms with Gasteiger partial charge in [0.05, 0.1) is 16.6 Å². The third kappa shape index (κ3) is 3.61. The predicted molar refractivity (Wildman–Crippen MR) is 88.0 cm³/mol. The zero-order chi connectivity index (χ0) is 18.0. The van der Waals surface area contributed by atoms with Crippen molar-refractivity contribution in [1.82, 2.24) is 9.78 Å². The van der Waals surface area contributed by atoms with Crippen LogP contribution in [0.1, 0.15) is 11.7 Å².